The summed E-state index contributed by atoms with van der Waals surface area (Å²) in [4.78, 5) is 51.5. The molecule has 4 N–H and O–H groups in total. The first-order chi connectivity index (χ1) is 29.1. The van der Waals surface area contributed by atoms with Crippen LogP contribution in [-0.2, 0) is 18.9 Å². The van der Waals surface area contributed by atoms with Gasteiger partial charge < -0.3 is 45.1 Å². The van der Waals surface area contributed by atoms with Crippen molar-refractivity contribution in [3.63, 3.8) is 0 Å². The Morgan fingerprint density at radius 2 is 1.24 bits per heavy atom. The number of ether oxygens (including phenoxy) is 4. The van der Waals surface area contributed by atoms with Crippen molar-refractivity contribution in [2.24, 2.45) is 10.8 Å². The fourth-order valence-corrected chi connectivity index (χ4v) is 10.4. The third-order valence-electron chi connectivity index (χ3n) is 11.5. The number of nitrogens with one attached hydrogen (secondary N) is 2. The average Bonchev–Trinajstić information content (AvgIpc) is 3.63. The average molecular weight is 1000 g/mol. The van der Waals surface area contributed by atoms with E-state index in [0.29, 0.717) is 49.8 Å². The van der Waals surface area contributed by atoms with Crippen LogP contribution in [-0.4, -0.2) is 112 Å². The molecular formula is C41H56BrCl3N10O6S. The van der Waals surface area contributed by atoms with Gasteiger partial charge in [0, 0.05) is 48.1 Å². The number of anilines is 3. The van der Waals surface area contributed by atoms with Gasteiger partial charge in [-0.25, -0.2) is 34.5 Å². The Hall–Kier alpha value is -3.13. The van der Waals surface area contributed by atoms with Crippen LogP contribution in [0.2, 0.25) is 15.3 Å². The Bertz CT molecular complexity index is 2080. The summed E-state index contributed by atoms with van der Waals surface area (Å²) in [5, 5.41) is 7.82. The van der Waals surface area contributed by atoms with Crippen molar-refractivity contribution in [2.45, 2.75) is 126 Å². The molecule has 340 valence electrons. The van der Waals surface area contributed by atoms with Gasteiger partial charge in [0.15, 0.2) is 21.9 Å². The Morgan fingerprint density at radius 3 is 1.68 bits per heavy atom. The largest absolute Gasteiger partial charge is 0.444 e. The number of piperidine rings is 2. The van der Waals surface area contributed by atoms with E-state index in [1.807, 2.05) is 55.4 Å². The highest BCUT2D eigenvalue weighted by atomic mass is 79.9. The third-order valence-corrected chi connectivity index (χ3v) is 13.8. The zero-order chi connectivity index (χ0) is 45.2. The minimum absolute atomic E-state index is 0.0554. The van der Waals surface area contributed by atoms with E-state index < -0.39 is 23.4 Å². The second kappa shape index (κ2) is 19.5. The number of nitrogens with two attached hydrogens (primary N) is 1. The maximum Gasteiger partial charge on any atom is 0.407 e. The lowest BCUT2D eigenvalue weighted by Gasteiger charge is -2.43. The molecule has 7 heterocycles. The third kappa shape index (κ3) is 11.8. The summed E-state index contributed by atoms with van der Waals surface area (Å²) in [5.41, 5.74) is 4.42. The van der Waals surface area contributed by atoms with Gasteiger partial charge in [0.05, 0.1) is 54.9 Å². The van der Waals surface area contributed by atoms with E-state index in [4.69, 9.17) is 59.5 Å². The van der Waals surface area contributed by atoms with Crippen molar-refractivity contribution in [3.05, 3.63) is 44.6 Å². The molecule has 4 aliphatic heterocycles. The molecule has 4 saturated heterocycles. The summed E-state index contributed by atoms with van der Waals surface area (Å²) >= 11 is 23.6. The van der Waals surface area contributed by atoms with Crippen LogP contribution in [0.25, 0.3) is 0 Å². The van der Waals surface area contributed by atoms with Gasteiger partial charge in [-0.05, 0) is 103 Å². The number of nitrogen functional groups attached to an aromatic ring is 1. The van der Waals surface area contributed by atoms with Gasteiger partial charge in [0.2, 0.25) is 0 Å². The fraction of sp³-hybridized carbons (Fsp3) is 0.634. The minimum atomic E-state index is -0.557. The van der Waals surface area contributed by atoms with Gasteiger partial charge in [-0.3, -0.25) is 0 Å². The van der Waals surface area contributed by atoms with E-state index >= 15 is 0 Å². The van der Waals surface area contributed by atoms with Crippen molar-refractivity contribution in [1.82, 2.24) is 35.6 Å². The molecule has 3 aromatic heterocycles. The van der Waals surface area contributed by atoms with Crippen LogP contribution in [0.4, 0.5) is 27.0 Å². The zero-order valence-corrected chi connectivity index (χ0v) is 40.9. The number of halogens is 4. The molecule has 4 atom stereocenters. The first-order valence-electron chi connectivity index (χ1n) is 20.6. The predicted octanol–water partition coefficient (Wildman–Crippen LogP) is 8.60. The van der Waals surface area contributed by atoms with Crippen molar-refractivity contribution < 1.29 is 28.5 Å². The Morgan fingerprint density at radius 1 is 0.790 bits per heavy atom. The monoisotopic (exact) mass is 1000 g/mol. The second-order valence-corrected chi connectivity index (χ2v) is 21.2. The molecule has 0 unspecified atom stereocenters. The molecule has 0 aromatic carbocycles. The number of hydrogen-bond donors (Lipinski definition) is 3. The number of aromatic nitrogens is 5. The van der Waals surface area contributed by atoms with Crippen LogP contribution >= 0.6 is 62.5 Å². The summed E-state index contributed by atoms with van der Waals surface area (Å²) in [6.07, 6.45) is 7.33. The Labute approximate surface area is 390 Å². The van der Waals surface area contributed by atoms with Crippen molar-refractivity contribution in [3.8, 4) is 0 Å². The van der Waals surface area contributed by atoms with Gasteiger partial charge in [-0.2, -0.15) is 0 Å². The molecule has 0 aliphatic carbocycles. The molecule has 0 bridgehead atoms. The number of rotatable bonds is 6. The van der Waals surface area contributed by atoms with E-state index in [0.717, 1.165) is 56.8 Å². The van der Waals surface area contributed by atoms with Crippen molar-refractivity contribution >= 4 is 92.1 Å². The summed E-state index contributed by atoms with van der Waals surface area (Å²) in [7, 11) is 0. The van der Waals surface area contributed by atoms with Crippen LogP contribution in [0.3, 0.4) is 0 Å². The number of nitrogens with zero attached hydrogens (tertiary/aromatic N) is 7. The summed E-state index contributed by atoms with van der Waals surface area (Å²) in [6, 6.07) is 1.56. The van der Waals surface area contributed by atoms with E-state index in [1.165, 1.54) is 11.8 Å². The van der Waals surface area contributed by atoms with Gasteiger partial charge in [-0.15, -0.1) is 0 Å². The highest BCUT2D eigenvalue weighted by Crippen LogP contribution is 2.45. The van der Waals surface area contributed by atoms with E-state index in [9.17, 15) is 9.59 Å². The molecule has 0 saturated carbocycles. The lowest BCUT2D eigenvalue weighted by Crippen LogP contribution is -2.55. The molecule has 62 heavy (non-hydrogen) atoms. The fourth-order valence-electron chi connectivity index (χ4n) is 8.40. The van der Waals surface area contributed by atoms with Crippen LogP contribution < -0.4 is 26.2 Å². The van der Waals surface area contributed by atoms with Gasteiger partial charge in [0.25, 0.3) is 0 Å². The van der Waals surface area contributed by atoms with Gasteiger partial charge in [-0.1, -0.05) is 46.6 Å². The topological polar surface area (TPSA) is 192 Å². The van der Waals surface area contributed by atoms with Crippen LogP contribution in [0, 0.1) is 10.8 Å². The van der Waals surface area contributed by atoms with Gasteiger partial charge >= 0.3 is 12.2 Å². The number of amides is 2. The quantitative estimate of drug-likeness (QED) is 0.213. The lowest BCUT2D eigenvalue weighted by atomic mass is 9.73. The first-order valence-corrected chi connectivity index (χ1v) is 23.3. The zero-order valence-electron chi connectivity index (χ0n) is 36.3. The molecule has 7 rings (SSSR count). The maximum atomic E-state index is 12.5. The standard InChI is InChI=1S/C23H30Cl2N6O3S.C18H26BrClN4O3/c1-13-17(30-21(32)34-22(2,3)4)23(12-33-13)6-9-31(10-7-23)20-18(25)29-15(11-28-20)35-14-5-8-27-19(26)16(14)24;1-11-13(23-16(25)27-17(2,3)4)18(10-26-11)5-7-24(8-6-18)15-14(20)22-12(19)9-21-15/h5,8,11,13,17H,6-7,9-10,12H2,1-4H3,(H2,26,27)(H,30,32);9,11,13H,5-8,10H2,1-4H3,(H,23,25)/t13-,17+;11-,13+/m00/s1. The number of carbonyl (C=O) groups excluding carboxylic acids is 2. The molecule has 4 aliphatic rings. The summed E-state index contributed by atoms with van der Waals surface area (Å²) in [5.74, 6) is 1.59. The summed E-state index contributed by atoms with van der Waals surface area (Å²) in [6.45, 7) is 19.3. The predicted molar refractivity (Wildman–Crippen MR) is 244 cm³/mol. The van der Waals surface area contributed by atoms with E-state index in [-0.39, 0.29) is 40.9 Å². The summed E-state index contributed by atoms with van der Waals surface area (Å²) < 4.78 is 23.4. The van der Waals surface area contributed by atoms with E-state index in [2.05, 4.69) is 61.3 Å². The van der Waals surface area contributed by atoms with Crippen molar-refractivity contribution in [1.29, 1.82) is 0 Å². The molecule has 4 fully saturated rings. The molecule has 2 amide bonds. The molecule has 21 heteroatoms. The molecule has 3 aromatic rings. The normalized spacial score (nSPS) is 23.2. The lowest BCUT2D eigenvalue weighted by molar-refractivity contribution is 0.0424. The van der Waals surface area contributed by atoms with Crippen LogP contribution in [0.15, 0.2) is 39.2 Å². The highest BCUT2D eigenvalue weighted by Gasteiger charge is 2.52. The Balaban J connectivity index is 0.000000214. The minimum Gasteiger partial charge on any atom is -0.444 e. The molecule has 2 spiro atoms. The highest BCUT2D eigenvalue weighted by molar-refractivity contribution is 9.10. The van der Waals surface area contributed by atoms with Crippen molar-refractivity contribution in [2.75, 3.05) is 54.9 Å². The smallest absolute Gasteiger partial charge is 0.407 e. The Kier molecular flexibility index (Phi) is 15.2. The number of carbonyl (C=O) groups is 2. The molecule has 0 radical (unpaired) electrons. The van der Waals surface area contributed by atoms with Gasteiger partial charge in [0.1, 0.15) is 26.6 Å². The van der Waals surface area contributed by atoms with Crippen LogP contribution in [0.5, 0.6) is 0 Å². The maximum absolute atomic E-state index is 12.5. The SMILES string of the molecule is C[C@@H]1OCC2(CCN(c3ncc(Br)nc3Cl)CC2)[C@@H]1NC(=O)OC(C)(C)C.C[C@@H]1OCC2(CCN(c3ncc(Sc4ccnc(N)c4Cl)nc3Cl)CC2)[C@@H]1NC(=O)OC(C)(C)C. The number of pyridine rings is 1. The molecule has 16 nitrogen and oxygen atoms in total. The second-order valence-electron chi connectivity index (χ2n) is 18.2. The first kappa shape index (κ1) is 48.3. The number of alkyl carbamates (subject to hydrolysis) is 2. The van der Waals surface area contributed by atoms with E-state index in [1.54, 1.807) is 24.7 Å². The molecular weight excluding hydrogens is 947 g/mol. The number of hydrogen-bond acceptors (Lipinski definition) is 15. The van der Waals surface area contributed by atoms with Crippen LogP contribution in [0.1, 0.15) is 81.1 Å².